The van der Waals surface area contributed by atoms with Crippen molar-refractivity contribution in [2.75, 3.05) is 18.6 Å². The molecule has 1 aromatic heterocycles. The van der Waals surface area contributed by atoms with E-state index < -0.39 is 6.04 Å². The summed E-state index contributed by atoms with van der Waals surface area (Å²) in [6.07, 6.45) is 7.73. The number of H-pyrrole nitrogens is 1. The van der Waals surface area contributed by atoms with E-state index in [0.29, 0.717) is 13.0 Å². The van der Waals surface area contributed by atoms with Crippen molar-refractivity contribution in [3.05, 3.63) is 36.0 Å². The third-order valence-corrected chi connectivity index (χ3v) is 4.81. The molecular formula is C19H27N3O2S. The number of amides is 2. The summed E-state index contributed by atoms with van der Waals surface area (Å²) >= 11 is 1.84. The first-order chi connectivity index (χ1) is 12.1. The van der Waals surface area contributed by atoms with Gasteiger partial charge in [-0.15, -0.1) is 0 Å². The predicted molar refractivity (Wildman–Crippen MR) is 105 cm³/mol. The number of unbranched alkanes of at least 4 members (excludes halogenated alkanes) is 2. The second-order valence-electron chi connectivity index (χ2n) is 6.16. The molecule has 0 saturated heterocycles. The molecule has 0 aliphatic carbocycles. The fourth-order valence-electron chi connectivity index (χ4n) is 2.86. The number of benzene rings is 1. The Morgan fingerprint density at radius 3 is 2.76 bits per heavy atom. The van der Waals surface area contributed by atoms with Crippen molar-refractivity contribution in [1.29, 1.82) is 0 Å². The molecule has 0 aliphatic rings. The summed E-state index contributed by atoms with van der Waals surface area (Å²) in [5.41, 5.74) is 2.07. The fourth-order valence-corrected chi connectivity index (χ4v) is 3.35. The topological polar surface area (TPSA) is 74.0 Å². The van der Waals surface area contributed by atoms with E-state index >= 15 is 0 Å². The Bertz CT molecular complexity index is 699. The van der Waals surface area contributed by atoms with E-state index in [2.05, 4.69) is 21.9 Å². The maximum atomic E-state index is 12.5. The first-order valence-electron chi connectivity index (χ1n) is 8.70. The Morgan fingerprint density at radius 1 is 1.20 bits per heavy atom. The van der Waals surface area contributed by atoms with E-state index in [1.54, 1.807) is 0 Å². The standard InChI is InChI=1S/C19H27N3O2S/c1-14(23)22-18(19(24)20-10-6-3-7-11-25-2)12-15-13-21-17-9-5-4-8-16(15)17/h4-5,8-9,13,18,21H,3,6-7,10-12H2,1-2H3,(H,20,24)(H,22,23). The van der Waals surface area contributed by atoms with Crippen LogP contribution < -0.4 is 10.6 Å². The number of carbonyl (C=O) groups excluding carboxylic acids is 2. The van der Waals surface area contributed by atoms with Crippen LogP contribution in [-0.2, 0) is 16.0 Å². The number of fused-ring (bicyclic) bond motifs is 1. The number of aromatic nitrogens is 1. The number of rotatable bonds is 10. The van der Waals surface area contributed by atoms with Crippen molar-refractivity contribution in [2.24, 2.45) is 0 Å². The Morgan fingerprint density at radius 2 is 2.00 bits per heavy atom. The van der Waals surface area contributed by atoms with Crippen molar-refractivity contribution in [1.82, 2.24) is 15.6 Å². The van der Waals surface area contributed by atoms with Gasteiger partial charge in [0.25, 0.3) is 0 Å². The minimum Gasteiger partial charge on any atom is -0.361 e. The van der Waals surface area contributed by atoms with E-state index in [0.717, 1.165) is 35.1 Å². The predicted octanol–water partition coefficient (Wildman–Crippen LogP) is 2.86. The molecule has 0 radical (unpaired) electrons. The highest BCUT2D eigenvalue weighted by Gasteiger charge is 2.21. The molecule has 1 unspecified atom stereocenters. The minimum atomic E-state index is -0.553. The van der Waals surface area contributed by atoms with Gasteiger partial charge in [-0.1, -0.05) is 24.6 Å². The molecule has 25 heavy (non-hydrogen) atoms. The molecule has 2 amide bonds. The smallest absolute Gasteiger partial charge is 0.242 e. The minimum absolute atomic E-state index is 0.120. The Balaban J connectivity index is 1.93. The molecule has 3 N–H and O–H groups in total. The molecule has 1 atom stereocenters. The molecule has 0 bridgehead atoms. The molecule has 1 heterocycles. The highest BCUT2D eigenvalue weighted by molar-refractivity contribution is 7.98. The zero-order valence-electron chi connectivity index (χ0n) is 14.9. The summed E-state index contributed by atoms with van der Waals surface area (Å²) in [6, 6.07) is 7.42. The van der Waals surface area contributed by atoms with Crippen LogP contribution in [-0.4, -0.2) is 41.4 Å². The van der Waals surface area contributed by atoms with Crippen molar-refractivity contribution in [3.8, 4) is 0 Å². The van der Waals surface area contributed by atoms with Crippen LogP contribution in [0.2, 0.25) is 0 Å². The quantitative estimate of drug-likeness (QED) is 0.570. The number of carbonyl (C=O) groups is 2. The van der Waals surface area contributed by atoms with Crippen LogP contribution in [0.4, 0.5) is 0 Å². The van der Waals surface area contributed by atoms with E-state index in [1.165, 1.54) is 13.3 Å². The Kier molecular flexibility index (Phi) is 7.85. The molecule has 5 nitrogen and oxygen atoms in total. The van der Waals surface area contributed by atoms with Gasteiger partial charge in [-0.05, 0) is 36.5 Å². The number of nitrogens with one attached hydrogen (secondary N) is 3. The molecule has 6 heteroatoms. The lowest BCUT2D eigenvalue weighted by Crippen LogP contribution is -2.47. The highest BCUT2D eigenvalue weighted by atomic mass is 32.2. The molecular weight excluding hydrogens is 334 g/mol. The average Bonchev–Trinajstić information content (AvgIpc) is 3.00. The number of hydrogen-bond donors (Lipinski definition) is 3. The molecule has 0 fully saturated rings. The van der Waals surface area contributed by atoms with Gasteiger partial charge in [-0.3, -0.25) is 9.59 Å². The van der Waals surface area contributed by atoms with Gasteiger partial charge in [-0.2, -0.15) is 11.8 Å². The van der Waals surface area contributed by atoms with Gasteiger partial charge in [0.15, 0.2) is 0 Å². The van der Waals surface area contributed by atoms with Crippen LogP contribution >= 0.6 is 11.8 Å². The molecule has 0 aliphatic heterocycles. The number of hydrogen-bond acceptors (Lipinski definition) is 3. The van der Waals surface area contributed by atoms with E-state index in [1.807, 2.05) is 42.2 Å². The van der Waals surface area contributed by atoms with Crippen LogP contribution in [0, 0.1) is 0 Å². The normalized spacial score (nSPS) is 12.1. The van der Waals surface area contributed by atoms with Crippen LogP contribution in [0.3, 0.4) is 0 Å². The Labute approximate surface area is 153 Å². The lowest BCUT2D eigenvalue weighted by molar-refractivity contribution is -0.128. The zero-order valence-corrected chi connectivity index (χ0v) is 15.7. The summed E-state index contributed by atoms with van der Waals surface area (Å²) in [5.74, 6) is 0.841. The SMILES string of the molecule is CSCCCCCNC(=O)C(Cc1c[nH]c2ccccc12)NC(C)=O. The number of aromatic amines is 1. The average molecular weight is 362 g/mol. The highest BCUT2D eigenvalue weighted by Crippen LogP contribution is 2.19. The lowest BCUT2D eigenvalue weighted by Gasteiger charge is -2.17. The van der Waals surface area contributed by atoms with Crippen LogP contribution in [0.5, 0.6) is 0 Å². The van der Waals surface area contributed by atoms with Gasteiger partial charge in [0.2, 0.25) is 11.8 Å². The summed E-state index contributed by atoms with van der Waals surface area (Å²) in [4.78, 5) is 27.2. The van der Waals surface area contributed by atoms with Crippen molar-refractivity contribution in [3.63, 3.8) is 0 Å². The molecule has 0 spiro atoms. The fraction of sp³-hybridized carbons (Fsp3) is 0.474. The van der Waals surface area contributed by atoms with E-state index in [9.17, 15) is 9.59 Å². The number of thioether (sulfide) groups is 1. The first-order valence-corrected chi connectivity index (χ1v) is 10.1. The third-order valence-electron chi connectivity index (χ3n) is 4.12. The van der Waals surface area contributed by atoms with Crippen molar-refractivity contribution >= 4 is 34.5 Å². The van der Waals surface area contributed by atoms with Gasteiger partial charge in [-0.25, -0.2) is 0 Å². The second kappa shape index (κ2) is 10.1. The maximum Gasteiger partial charge on any atom is 0.242 e. The van der Waals surface area contributed by atoms with Gasteiger partial charge < -0.3 is 15.6 Å². The molecule has 136 valence electrons. The lowest BCUT2D eigenvalue weighted by atomic mass is 10.0. The summed E-state index contributed by atoms with van der Waals surface area (Å²) in [5, 5.41) is 6.82. The van der Waals surface area contributed by atoms with Gasteiger partial charge in [0.05, 0.1) is 0 Å². The molecule has 0 saturated carbocycles. The molecule has 2 rings (SSSR count). The second-order valence-corrected chi connectivity index (χ2v) is 7.15. The maximum absolute atomic E-state index is 12.5. The monoisotopic (exact) mass is 361 g/mol. The third kappa shape index (κ3) is 6.12. The first kappa shape index (κ1) is 19.4. The Hall–Kier alpha value is -1.95. The van der Waals surface area contributed by atoms with Crippen LogP contribution in [0.15, 0.2) is 30.5 Å². The molecule has 2 aromatic rings. The van der Waals surface area contributed by atoms with E-state index in [-0.39, 0.29) is 11.8 Å². The zero-order chi connectivity index (χ0) is 18.1. The summed E-state index contributed by atoms with van der Waals surface area (Å²) in [6.45, 7) is 2.09. The number of para-hydroxylation sites is 1. The van der Waals surface area contributed by atoms with Gasteiger partial charge >= 0.3 is 0 Å². The van der Waals surface area contributed by atoms with Gasteiger partial charge in [0.1, 0.15) is 6.04 Å². The van der Waals surface area contributed by atoms with Gasteiger partial charge in [0, 0.05) is 37.0 Å². The van der Waals surface area contributed by atoms with Crippen LogP contribution in [0.1, 0.15) is 31.7 Å². The van der Waals surface area contributed by atoms with Crippen LogP contribution in [0.25, 0.3) is 10.9 Å². The summed E-state index contributed by atoms with van der Waals surface area (Å²) in [7, 11) is 0. The largest absolute Gasteiger partial charge is 0.361 e. The van der Waals surface area contributed by atoms with Crippen molar-refractivity contribution in [2.45, 2.75) is 38.6 Å². The summed E-state index contributed by atoms with van der Waals surface area (Å²) < 4.78 is 0. The van der Waals surface area contributed by atoms with Crippen molar-refractivity contribution < 1.29 is 9.59 Å². The molecule has 1 aromatic carbocycles. The van der Waals surface area contributed by atoms with E-state index in [4.69, 9.17) is 0 Å².